The number of ether oxygens (including phenoxy) is 2. The van der Waals surface area contributed by atoms with Gasteiger partial charge in [-0.15, -0.1) is 0 Å². The van der Waals surface area contributed by atoms with Gasteiger partial charge in [0.05, 0.1) is 6.61 Å². The minimum atomic E-state index is -1.15. The van der Waals surface area contributed by atoms with Gasteiger partial charge in [0.2, 0.25) is 0 Å². The van der Waals surface area contributed by atoms with E-state index in [1.807, 2.05) is 0 Å². The average Bonchev–Trinajstić information content (AvgIpc) is 2.98. The molecule has 0 saturated heterocycles. The van der Waals surface area contributed by atoms with Crippen LogP contribution in [-0.2, 0) is 9.47 Å². The molecule has 0 aromatic rings. The molecule has 1 N–H and O–H groups in total. The second-order valence-corrected chi connectivity index (χ2v) is 13.7. The van der Waals surface area contributed by atoms with Crippen molar-refractivity contribution in [2.75, 3.05) is 19.8 Å². The molecule has 0 heterocycles. The molecule has 0 radical (unpaired) electrons. The molecule has 0 saturated carbocycles. The molecule has 254 valence electrons. The highest BCUT2D eigenvalue weighted by Gasteiger charge is 2.20. The van der Waals surface area contributed by atoms with Gasteiger partial charge >= 0.3 is 0 Å². The van der Waals surface area contributed by atoms with Gasteiger partial charge in [-0.05, 0) is 19.8 Å². The van der Waals surface area contributed by atoms with E-state index in [0.29, 0.717) is 6.61 Å². The molecule has 3 nitrogen and oxygen atoms in total. The van der Waals surface area contributed by atoms with Gasteiger partial charge in [0.25, 0.3) is 0 Å². The molecule has 0 aliphatic heterocycles. The molecular formula is C39H80O3. The van der Waals surface area contributed by atoms with Gasteiger partial charge in [0, 0.05) is 6.61 Å². The van der Waals surface area contributed by atoms with E-state index in [1.54, 1.807) is 6.92 Å². The van der Waals surface area contributed by atoms with Crippen LogP contribution in [0, 0.1) is 0 Å². The zero-order valence-electron chi connectivity index (χ0n) is 29.5. The van der Waals surface area contributed by atoms with Crippen molar-refractivity contribution in [3.8, 4) is 0 Å². The lowest BCUT2D eigenvalue weighted by atomic mass is 10.0. The third-order valence-electron chi connectivity index (χ3n) is 8.92. The van der Waals surface area contributed by atoms with Crippen molar-refractivity contribution < 1.29 is 14.6 Å². The smallest absolute Gasteiger partial charge is 0.186 e. The quantitative estimate of drug-likeness (QED) is 0.0572. The first-order chi connectivity index (χ1) is 20.6. The number of aliphatic hydroxyl groups is 1. The van der Waals surface area contributed by atoms with Gasteiger partial charge in [-0.2, -0.15) is 0 Å². The minimum absolute atomic E-state index is 0.282. The van der Waals surface area contributed by atoms with E-state index >= 15 is 0 Å². The molecule has 0 aromatic carbocycles. The van der Waals surface area contributed by atoms with Crippen LogP contribution in [0.4, 0.5) is 0 Å². The molecule has 0 aliphatic rings. The van der Waals surface area contributed by atoms with E-state index in [1.165, 1.54) is 193 Å². The predicted octanol–water partition coefficient (Wildman–Crippen LogP) is 13.3. The van der Waals surface area contributed by atoms with Gasteiger partial charge in [-0.1, -0.05) is 206 Å². The Kier molecular flexibility index (Phi) is 35.3. The van der Waals surface area contributed by atoms with Crippen LogP contribution in [0.15, 0.2) is 0 Å². The SMILES string of the molecule is CCCCCCCCCCCCCCCCCCOCC(C)(O)OCCCCCCCCCCCCCCCCCC. The molecule has 42 heavy (non-hydrogen) atoms. The van der Waals surface area contributed by atoms with E-state index in [0.717, 1.165) is 19.4 Å². The van der Waals surface area contributed by atoms with Crippen LogP contribution in [0.2, 0.25) is 0 Å². The van der Waals surface area contributed by atoms with E-state index in [2.05, 4.69) is 13.8 Å². The Morgan fingerprint density at radius 2 is 0.595 bits per heavy atom. The summed E-state index contributed by atoms with van der Waals surface area (Å²) in [6.07, 6.45) is 44.1. The van der Waals surface area contributed by atoms with Crippen molar-refractivity contribution in [2.45, 2.75) is 232 Å². The van der Waals surface area contributed by atoms with Gasteiger partial charge in [-0.25, -0.2) is 0 Å². The first-order valence-corrected chi connectivity index (χ1v) is 19.6. The summed E-state index contributed by atoms with van der Waals surface area (Å²) in [6.45, 7) is 7.98. The summed E-state index contributed by atoms with van der Waals surface area (Å²) in [5.74, 6) is -1.15. The van der Waals surface area contributed by atoms with Crippen LogP contribution in [0.3, 0.4) is 0 Å². The maximum absolute atomic E-state index is 10.4. The molecule has 0 amide bonds. The largest absolute Gasteiger partial charge is 0.376 e. The number of rotatable bonds is 37. The second kappa shape index (κ2) is 35.4. The molecular weight excluding hydrogens is 516 g/mol. The average molecular weight is 597 g/mol. The van der Waals surface area contributed by atoms with Crippen LogP contribution >= 0.6 is 0 Å². The molecule has 0 aromatic heterocycles. The van der Waals surface area contributed by atoms with Crippen molar-refractivity contribution in [2.24, 2.45) is 0 Å². The summed E-state index contributed by atoms with van der Waals surface area (Å²) >= 11 is 0. The third kappa shape index (κ3) is 36.1. The number of unbranched alkanes of at least 4 members (excludes halogenated alkanes) is 30. The summed E-state index contributed by atoms with van der Waals surface area (Å²) < 4.78 is 11.4. The summed E-state index contributed by atoms with van der Waals surface area (Å²) in [7, 11) is 0. The number of hydrogen-bond donors (Lipinski definition) is 1. The lowest BCUT2D eigenvalue weighted by Gasteiger charge is -2.23. The van der Waals surface area contributed by atoms with Crippen molar-refractivity contribution in [1.29, 1.82) is 0 Å². The Hall–Kier alpha value is -0.120. The Bertz CT molecular complexity index is 478. The molecule has 0 bridgehead atoms. The molecule has 0 spiro atoms. The Labute approximate surface area is 266 Å². The molecule has 0 aliphatic carbocycles. The van der Waals surface area contributed by atoms with Crippen LogP contribution in [0.1, 0.15) is 226 Å². The fourth-order valence-electron chi connectivity index (χ4n) is 6.00. The number of hydrogen-bond acceptors (Lipinski definition) is 3. The molecule has 0 fully saturated rings. The minimum Gasteiger partial charge on any atom is -0.376 e. The Balaban J connectivity index is 3.25. The van der Waals surface area contributed by atoms with Gasteiger partial charge in [0.1, 0.15) is 6.61 Å². The first kappa shape index (κ1) is 41.9. The van der Waals surface area contributed by atoms with Crippen LogP contribution in [-0.4, -0.2) is 30.7 Å². The lowest BCUT2D eigenvalue weighted by Crippen LogP contribution is -2.34. The maximum atomic E-state index is 10.4. The Morgan fingerprint density at radius 1 is 0.357 bits per heavy atom. The highest BCUT2D eigenvalue weighted by molar-refractivity contribution is 4.59. The zero-order chi connectivity index (χ0) is 30.7. The van der Waals surface area contributed by atoms with Crippen LogP contribution in [0.5, 0.6) is 0 Å². The van der Waals surface area contributed by atoms with Gasteiger partial charge in [0.15, 0.2) is 5.79 Å². The van der Waals surface area contributed by atoms with Crippen molar-refractivity contribution in [3.05, 3.63) is 0 Å². The first-order valence-electron chi connectivity index (χ1n) is 19.6. The van der Waals surface area contributed by atoms with E-state index < -0.39 is 5.79 Å². The lowest BCUT2D eigenvalue weighted by molar-refractivity contribution is -0.220. The summed E-state index contributed by atoms with van der Waals surface area (Å²) in [5, 5.41) is 10.4. The Morgan fingerprint density at radius 3 is 0.881 bits per heavy atom. The molecule has 1 atom stereocenters. The van der Waals surface area contributed by atoms with Crippen LogP contribution < -0.4 is 0 Å². The van der Waals surface area contributed by atoms with Crippen molar-refractivity contribution in [3.63, 3.8) is 0 Å². The van der Waals surface area contributed by atoms with Gasteiger partial charge in [-0.3, -0.25) is 0 Å². The zero-order valence-corrected chi connectivity index (χ0v) is 29.5. The monoisotopic (exact) mass is 597 g/mol. The summed E-state index contributed by atoms with van der Waals surface area (Å²) in [4.78, 5) is 0. The normalized spacial score (nSPS) is 13.1. The summed E-state index contributed by atoms with van der Waals surface area (Å²) in [5.41, 5.74) is 0. The second-order valence-electron chi connectivity index (χ2n) is 13.7. The topological polar surface area (TPSA) is 38.7 Å². The maximum Gasteiger partial charge on any atom is 0.186 e. The van der Waals surface area contributed by atoms with Crippen molar-refractivity contribution in [1.82, 2.24) is 0 Å². The third-order valence-corrected chi connectivity index (χ3v) is 8.92. The van der Waals surface area contributed by atoms with Crippen molar-refractivity contribution >= 4 is 0 Å². The standard InChI is InChI=1S/C39H80O3/c1-4-6-8-10-12-14-16-18-20-22-24-26-28-30-32-34-36-41-38-39(3,40)42-37-35-33-31-29-27-25-23-21-19-17-15-13-11-9-7-5-2/h40H,4-38H2,1-3H3. The molecule has 3 heteroatoms. The highest BCUT2D eigenvalue weighted by atomic mass is 16.6. The fraction of sp³-hybridized carbons (Fsp3) is 1.00. The summed E-state index contributed by atoms with van der Waals surface area (Å²) in [6, 6.07) is 0. The van der Waals surface area contributed by atoms with Crippen LogP contribution in [0.25, 0.3) is 0 Å². The molecule has 0 rings (SSSR count). The van der Waals surface area contributed by atoms with E-state index in [-0.39, 0.29) is 6.61 Å². The fourth-order valence-corrected chi connectivity index (χ4v) is 6.00. The molecule has 1 unspecified atom stereocenters. The van der Waals surface area contributed by atoms with E-state index in [9.17, 15) is 5.11 Å². The van der Waals surface area contributed by atoms with Gasteiger partial charge < -0.3 is 14.6 Å². The predicted molar refractivity (Wildman–Crippen MR) is 186 cm³/mol. The highest BCUT2D eigenvalue weighted by Crippen LogP contribution is 2.16. The van der Waals surface area contributed by atoms with E-state index in [4.69, 9.17) is 9.47 Å².